The second-order valence-electron chi connectivity index (χ2n) is 7.25. The van der Waals surface area contributed by atoms with E-state index >= 15 is 0 Å². The van der Waals surface area contributed by atoms with Gasteiger partial charge in [-0.1, -0.05) is 12.1 Å². The number of anilines is 1. The van der Waals surface area contributed by atoms with E-state index in [0.29, 0.717) is 0 Å². The highest BCUT2D eigenvalue weighted by Gasteiger charge is 2.22. The molecule has 0 spiro atoms. The van der Waals surface area contributed by atoms with Crippen LogP contribution in [-0.4, -0.2) is 70.5 Å². The maximum Gasteiger partial charge on any atom is 0.194 e. The molecule has 1 saturated heterocycles. The monoisotopic (exact) mass is 502 g/mol. The zero-order valence-corrected chi connectivity index (χ0v) is 19.6. The van der Waals surface area contributed by atoms with Crippen LogP contribution in [0.2, 0.25) is 0 Å². The van der Waals surface area contributed by atoms with Gasteiger partial charge in [0.25, 0.3) is 0 Å². The lowest BCUT2D eigenvalue weighted by atomic mass is 10.2. The first kappa shape index (κ1) is 23.1. The molecule has 2 aliphatic rings. The lowest BCUT2D eigenvalue weighted by molar-refractivity contribution is 0.123. The van der Waals surface area contributed by atoms with E-state index in [1.807, 2.05) is 12.1 Å². The summed E-state index contributed by atoms with van der Waals surface area (Å²) in [4.78, 5) is 9.56. The molecular weight excluding hydrogens is 467 g/mol. The number of aliphatic imine (C=N–C) groups is 1. The van der Waals surface area contributed by atoms with Crippen molar-refractivity contribution in [1.29, 1.82) is 0 Å². The van der Waals surface area contributed by atoms with Crippen LogP contribution in [0.25, 0.3) is 0 Å². The minimum atomic E-state index is 0. The van der Waals surface area contributed by atoms with Gasteiger partial charge in [-0.15, -0.1) is 24.0 Å². The Balaban J connectivity index is 0.00000280. The number of guanidine groups is 1. The summed E-state index contributed by atoms with van der Waals surface area (Å²) in [7, 11) is 1.74. The van der Waals surface area contributed by atoms with E-state index in [1.54, 1.807) is 7.11 Å². The van der Waals surface area contributed by atoms with Crippen molar-refractivity contribution in [2.45, 2.75) is 26.2 Å². The van der Waals surface area contributed by atoms with Gasteiger partial charge in [0.05, 0.1) is 12.8 Å². The highest BCUT2D eigenvalue weighted by Crippen LogP contribution is 2.29. The lowest BCUT2D eigenvalue weighted by Gasteiger charge is -2.38. The second-order valence-corrected chi connectivity index (χ2v) is 7.25. The molecule has 7 heteroatoms. The summed E-state index contributed by atoms with van der Waals surface area (Å²) < 4.78 is 11.2. The van der Waals surface area contributed by atoms with E-state index in [4.69, 9.17) is 14.5 Å². The third kappa shape index (κ3) is 6.99. The molecule has 0 bridgehead atoms. The number of nitrogens with zero attached hydrogens (tertiary/aromatic N) is 3. The summed E-state index contributed by atoms with van der Waals surface area (Å²) in [6.45, 7) is 9.45. The fourth-order valence-corrected chi connectivity index (χ4v) is 3.36. The Morgan fingerprint density at radius 1 is 1.18 bits per heavy atom. The summed E-state index contributed by atoms with van der Waals surface area (Å²) in [6.07, 6.45) is 3.69. The summed E-state index contributed by atoms with van der Waals surface area (Å²) in [5, 5.41) is 3.44. The topological polar surface area (TPSA) is 49.3 Å². The van der Waals surface area contributed by atoms with Crippen LogP contribution in [0.5, 0.6) is 5.75 Å². The SMILES string of the molecule is CCNC(=NCCCOCC1CC1)N1CCN(c2ccccc2OC)CC1.I. The molecule has 158 valence electrons. The van der Waals surface area contributed by atoms with Gasteiger partial charge in [-0.3, -0.25) is 4.99 Å². The highest BCUT2D eigenvalue weighted by atomic mass is 127. The van der Waals surface area contributed by atoms with E-state index in [2.05, 4.69) is 34.2 Å². The number of benzene rings is 1. The Kier molecular flexibility index (Phi) is 10.2. The van der Waals surface area contributed by atoms with E-state index < -0.39 is 0 Å². The smallest absolute Gasteiger partial charge is 0.194 e. The Morgan fingerprint density at radius 3 is 2.61 bits per heavy atom. The van der Waals surface area contributed by atoms with Crippen molar-refractivity contribution in [2.75, 3.05) is 64.5 Å². The summed E-state index contributed by atoms with van der Waals surface area (Å²) in [5.41, 5.74) is 1.18. The predicted octanol–water partition coefficient (Wildman–Crippen LogP) is 3.22. The van der Waals surface area contributed by atoms with Gasteiger partial charge in [0.2, 0.25) is 0 Å². The van der Waals surface area contributed by atoms with Crippen molar-refractivity contribution in [2.24, 2.45) is 10.9 Å². The fraction of sp³-hybridized carbons (Fsp3) is 0.667. The van der Waals surface area contributed by atoms with Gasteiger partial charge in [-0.05, 0) is 44.2 Å². The van der Waals surface area contributed by atoms with E-state index in [9.17, 15) is 0 Å². The lowest BCUT2D eigenvalue weighted by Crippen LogP contribution is -2.52. The van der Waals surface area contributed by atoms with E-state index in [0.717, 1.165) is 76.5 Å². The second kappa shape index (κ2) is 12.4. The van der Waals surface area contributed by atoms with Gasteiger partial charge in [-0.2, -0.15) is 0 Å². The molecule has 28 heavy (non-hydrogen) atoms. The van der Waals surface area contributed by atoms with Gasteiger partial charge in [0.15, 0.2) is 5.96 Å². The first-order valence-electron chi connectivity index (χ1n) is 10.3. The molecule has 0 atom stereocenters. The van der Waals surface area contributed by atoms with Crippen LogP contribution in [0.15, 0.2) is 29.3 Å². The van der Waals surface area contributed by atoms with Crippen molar-refractivity contribution < 1.29 is 9.47 Å². The van der Waals surface area contributed by atoms with Crippen LogP contribution in [0, 0.1) is 5.92 Å². The molecule has 2 fully saturated rings. The highest BCUT2D eigenvalue weighted by molar-refractivity contribution is 14.0. The number of halogens is 1. The number of piperazine rings is 1. The molecule has 1 aliphatic carbocycles. The minimum Gasteiger partial charge on any atom is -0.495 e. The van der Waals surface area contributed by atoms with Crippen molar-refractivity contribution in [3.8, 4) is 5.75 Å². The van der Waals surface area contributed by atoms with Gasteiger partial charge in [0.1, 0.15) is 5.75 Å². The van der Waals surface area contributed by atoms with Crippen molar-refractivity contribution in [1.82, 2.24) is 10.2 Å². The molecular formula is C21H35IN4O2. The number of methoxy groups -OCH3 is 1. The van der Waals surface area contributed by atoms with Crippen LogP contribution in [0.4, 0.5) is 5.69 Å². The maximum atomic E-state index is 5.71. The largest absolute Gasteiger partial charge is 0.495 e. The van der Waals surface area contributed by atoms with Crippen LogP contribution in [0.1, 0.15) is 26.2 Å². The zero-order valence-electron chi connectivity index (χ0n) is 17.2. The molecule has 0 unspecified atom stereocenters. The third-order valence-electron chi connectivity index (χ3n) is 5.10. The Morgan fingerprint density at radius 2 is 1.93 bits per heavy atom. The molecule has 0 amide bonds. The molecule has 1 aromatic rings. The molecule has 1 N–H and O–H groups in total. The first-order valence-corrected chi connectivity index (χ1v) is 10.3. The molecule has 1 aliphatic heterocycles. The van der Waals surface area contributed by atoms with Crippen molar-refractivity contribution >= 4 is 35.6 Å². The van der Waals surface area contributed by atoms with E-state index in [1.165, 1.54) is 18.5 Å². The normalized spacial score (nSPS) is 17.3. The third-order valence-corrected chi connectivity index (χ3v) is 5.10. The van der Waals surface area contributed by atoms with Crippen LogP contribution < -0.4 is 15.0 Å². The average molecular weight is 502 g/mol. The Labute approximate surface area is 186 Å². The molecule has 1 aromatic carbocycles. The number of hydrogen-bond acceptors (Lipinski definition) is 4. The minimum absolute atomic E-state index is 0. The van der Waals surface area contributed by atoms with Gasteiger partial charge in [-0.25, -0.2) is 0 Å². The number of hydrogen-bond donors (Lipinski definition) is 1. The molecule has 6 nitrogen and oxygen atoms in total. The van der Waals surface area contributed by atoms with Crippen LogP contribution in [-0.2, 0) is 4.74 Å². The number of para-hydroxylation sites is 2. The van der Waals surface area contributed by atoms with Crippen molar-refractivity contribution in [3.05, 3.63) is 24.3 Å². The number of nitrogens with one attached hydrogen (secondary N) is 1. The Hall–Kier alpha value is -1.22. The van der Waals surface area contributed by atoms with Crippen molar-refractivity contribution in [3.63, 3.8) is 0 Å². The summed E-state index contributed by atoms with van der Waals surface area (Å²) in [5.74, 6) is 2.81. The average Bonchev–Trinajstić information content (AvgIpc) is 3.54. The quantitative estimate of drug-likeness (QED) is 0.243. The molecule has 1 saturated carbocycles. The summed E-state index contributed by atoms with van der Waals surface area (Å²) >= 11 is 0. The number of ether oxygens (including phenoxy) is 2. The van der Waals surface area contributed by atoms with E-state index in [-0.39, 0.29) is 24.0 Å². The molecule has 0 aromatic heterocycles. The zero-order chi connectivity index (χ0) is 18.9. The fourth-order valence-electron chi connectivity index (χ4n) is 3.36. The predicted molar refractivity (Wildman–Crippen MR) is 126 cm³/mol. The standard InChI is InChI=1S/C21H34N4O2.HI/c1-3-22-21(23-11-6-16-27-17-18-9-10-18)25-14-12-24(13-15-25)19-7-4-5-8-20(19)26-2;/h4-5,7-8,18H,3,6,9-17H2,1-2H3,(H,22,23);1H. The summed E-state index contributed by atoms with van der Waals surface area (Å²) in [6, 6.07) is 8.25. The van der Waals surface area contributed by atoms with Crippen LogP contribution in [0.3, 0.4) is 0 Å². The molecule has 3 rings (SSSR count). The van der Waals surface area contributed by atoms with Gasteiger partial charge >= 0.3 is 0 Å². The molecule has 1 heterocycles. The van der Waals surface area contributed by atoms with Gasteiger partial charge in [0, 0.05) is 52.5 Å². The van der Waals surface area contributed by atoms with Gasteiger partial charge < -0.3 is 24.6 Å². The maximum absolute atomic E-state index is 5.71. The number of rotatable bonds is 9. The Bertz CT molecular complexity index is 602. The first-order chi connectivity index (χ1) is 13.3. The van der Waals surface area contributed by atoms with Crippen LogP contribution >= 0.6 is 24.0 Å². The molecule has 0 radical (unpaired) electrons.